The normalized spacial score (nSPS) is 11.6. The SMILES string of the molecule is CS(=O)(=O)Cc1ccc(-c2cn[nH]c2N)cc1. The second-order valence-electron chi connectivity index (χ2n) is 3.96. The second-order valence-corrected chi connectivity index (χ2v) is 6.10. The molecule has 2 aromatic rings. The first kappa shape index (κ1) is 11.7. The van der Waals surface area contributed by atoms with E-state index in [9.17, 15) is 8.42 Å². The predicted octanol–water partition coefficient (Wildman–Crippen LogP) is 1.20. The molecular weight excluding hydrogens is 238 g/mol. The van der Waals surface area contributed by atoms with Crippen LogP contribution in [0.4, 0.5) is 5.82 Å². The molecule has 1 aromatic heterocycles. The Hall–Kier alpha value is -1.82. The molecule has 2 rings (SSSR count). The van der Waals surface area contributed by atoms with Crippen molar-refractivity contribution < 1.29 is 8.42 Å². The maximum atomic E-state index is 11.1. The Bertz CT molecular complexity index is 614. The van der Waals surface area contributed by atoms with E-state index in [0.717, 1.165) is 16.7 Å². The number of nitrogen functional groups attached to an aromatic ring is 1. The van der Waals surface area contributed by atoms with Crippen molar-refractivity contribution in [2.24, 2.45) is 0 Å². The van der Waals surface area contributed by atoms with Crippen molar-refractivity contribution in [1.29, 1.82) is 0 Å². The van der Waals surface area contributed by atoms with Gasteiger partial charge in [-0.2, -0.15) is 5.10 Å². The summed E-state index contributed by atoms with van der Waals surface area (Å²) >= 11 is 0. The molecule has 1 aromatic carbocycles. The average molecular weight is 251 g/mol. The van der Waals surface area contributed by atoms with Gasteiger partial charge in [0.05, 0.1) is 11.9 Å². The summed E-state index contributed by atoms with van der Waals surface area (Å²) in [4.78, 5) is 0. The van der Waals surface area contributed by atoms with Gasteiger partial charge < -0.3 is 5.73 Å². The summed E-state index contributed by atoms with van der Waals surface area (Å²) in [7, 11) is -3.00. The van der Waals surface area contributed by atoms with Crippen LogP contribution in [0.3, 0.4) is 0 Å². The van der Waals surface area contributed by atoms with Crippen molar-refractivity contribution in [1.82, 2.24) is 10.2 Å². The summed E-state index contributed by atoms with van der Waals surface area (Å²) in [6.07, 6.45) is 2.86. The van der Waals surface area contributed by atoms with Crippen LogP contribution in [0.2, 0.25) is 0 Å². The fraction of sp³-hybridized carbons (Fsp3) is 0.182. The second kappa shape index (κ2) is 4.21. The van der Waals surface area contributed by atoms with Gasteiger partial charge in [0.2, 0.25) is 0 Å². The van der Waals surface area contributed by atoms with Gasteiger partial charge in [0, 0.05) is 11.8 Å². The van der Waals surface area contributed by atoms with Gasteiger partial charge in [-0.25, -0.2) is 8.42 Å². The number of nitrogens with two attached hydrogens (primary N) is 1. The van der Waals surface area contributed by atoms with Gasteiger partial charge in [-0.1, -0.05) is 24.3 Å². The van der Waals surface area contributed by atoms with Gasteiger partial charge in [-0.15, -0.1) is 0 Å². The number of benzene rings is 1. The van der Waals surface area contributed by atoms with Gasteiger partial charge in [-0.05, 0) is 11.1 Å². The molecule has 0 radical (unpaired) electrons. The minimum Gasteiger partial charge on any atom is -0.384 e. The third-order valence-electron chi connectivity index (χ3n) is 2.36. The first-order valence-corrected chi connectivity index (χ1v) is 7.07. The number of hydrogen-bond donors (Lipinski definition) is 2. The van der Waals surface area contributed by atoms with Crippen LogP contribution < -0.4 is 5.73 Å². The molecule has 6 heteroatoms. The molecule has 17 heavy (non-hydrogen) atoms. The molecule has 0 spiro atoms. The van der Waals surface area contributed by atoms with Crippen LogP contribution in [-0.2, 0) is 15.6 Å². The van der Waals surface area contributed by atoms with Crippen LogP contribution in [0.1, 0.15) is 5.56 Å². The highest BCUT2D eigenvalue weighted by atomic mass is 32.2. The topological polar surface area (TPSA) is 88.8 Å². The van der Waals surface area contributed by atoms with E-state index >= 15 is 0 Å². The molecule has 0 saturated heterocycles. The van der Waals surface area contributed by atoms with Crippen molar-refractivity contribution in [2.45, 2.75) is 5.75 Å². The van der Waals surface area contributed by atoms with Crippen LogP contribution in [0.25, 0.3) is 11.1 Å². The van der Waals surface area contributed by atoms with E-state index in [4.69, 9.17) is 5.73 Å². The van der Waals surface area contributed by atoms with E-state index in [1.165, 1.54) is 6.26 Å². The minimum absolute atomic E-state index is 0.0498. The van der Waals surface area contributed by atoms with Crippen LogP contribution in [-0.4, -0.2) is 24.9 Å². The highest BCUT2D eigenvalue weighted by Crippen LogP contribution is 2.23. The maximum Gasteiger partial charge on any atom is 0.151 e. The smallest absolute Gasteiger partial charge is 0.151 e. The minimum atomic E-state index is -3.00. The fourth-order valence-electron chi connectivity index (χ4n) is 1.61. The lowest BCUT2D eigenvalue weighted by Crippen LogP contribution is -2.00. The van der Waals surface area contributed by atoms with Gasteiger partial charge in [-0.3, -0.25) is 5.10 Å². The monoisotopic (exact) mass is 251 g/mol. The van der Waals surface area contributed by atoms with Gasteiger partial charge in [0.1, 0.15) is 5.82 Å². The average Bonchev–Trinajstić information content (AvgIpc) is 2.63. The highest BCUT2D eigenvalue weighted by molar-refractivity contribution is 7.89. The van der Waals surface area contributed by atoms with Crippen LogP contribution >= 0.6 is 0 Å². The van der Waals surface area contributed by atoms with Crippen molar-refractivity contribution in [3.63, 3.8) is 0 Å². The Morgan fingerprint density at radius 1 is 1.29 bits per heavy atom. The number of hydrogen-bond acceptors (Lipinski definition) is 4. The Kier molecular flexibility index (Phi) is 2.89. The van der Waals surface area contributed by atoms with Crippen LogP contribution in [0, 0.1) is 0 Å². The van der Waals surface area contributed by atoms with E-state index in [0.29, 0.717) is 5.82 Å². The van der Waals surface area contributed by atoms with Gasteiger partial charge in [0.25, 0.3) is 0 Å². The molecule has 90 valence electrons. The third kappa shape index (κ3) is 2.85. The lowest BCUT2D eigenvalue weighted by molar-refractivity contribution is 0.601. The number of aromatic amines is 1. The van der Waals surface area contributed by atoms with E-state index in [1.54, 1.807) is 18.3 Å². The summed E-state index contributed by atoms with van der Waals surface area (Å²) in [6, 6.07) is 7.23. The lowest BCUT2D eigenvalue weighted by atomic mass is 10.1. The molecule has 5 nitrogen and oxygen atoms in total. The lowest BCUT2D eigenvalue weighted by Gasteiger charge is -2.02. The number of anilines is 1. The number of aromatic nitrogens is 2. The molecule has 0 bridgehead atoms. The summed E-state index contributed by atoms with van der Waals surface area (Å²) in [6.45, 7) is 0. The predicted molar refractivity (Wildman–Crippen MR) is 67.0 cm³/mol. The first-order chi connectivity index (χ1) is 7.96. The van der Waals surface area contributed by atoms with E-state index in [1.807, 2.05) is 12.1 Å². The summed E-state index contributed by atoms with van der Waals surface area (Å²) < 4.78 is 22.3. The molecule has 0 aliphatic rings. The Labute approximate surface area is 99.6 Å². The molecule has 1 heterocycles. The summed E-state index contributed by atoms with van der Waals surface area (Å²) in [5, 5.41) is 6.49. The number of nitrogens with zero attached hydrogens (tertiary/aromatic N) is 1. The van der Waals surface area contributed by atoms with Crippen molar-refractivity contribution in [3.8, 4) is 11.1 Å². The van der Waals surface area contributed by atoms with Gasteiger partial charge >= 0.3 is 0 Å². The molecule has 0 unspecified atom stereocenters. The first-order valence-electron chi connectivity index (χ1n) is 5.01. The third-order valence-corrected chi connectivity index (χ3v) is 3.22. The Morgan fingerprint density at radius 2 is 1.94 bits per heavy atom. The Morgan fingerprint density at radius 3 is 2.41 bits per heavy atom. The zero-order valence-electron chi connectivity index (χ0n) is 9.34. The Balaban J connectivity index is 2.28. The number of rotatable bonds is 3. The number of nitrogens with one attached hydrogen (secondary N) is 1. The van der Waals surface area contributed by atoms with Crippen LogP contribution in [0.15, 0.2) is 30.5 Å². The summed E-state index contributed by atoms with van der Waals surface area (Å²) in [5.41, 5.74) is 8.19. The van der Waals surface area contributed by atoms with E-state index < -0.39 is 9.84 Å². The highest BCUT2D eigenvalue weighted by Gasteiger charge is 2.07. The largest absolute Gasteiger partial charge is 0.384 e. The molecule has 0 saturated carbocycles. The van der Waals surface area contributed by atoms with Crippen molar-refractivity contribution in [3.05, 3.63) is 36.0 Å². The van der Waals surface area contributed by atoms with E-state index in [2.05, 4.69) is 10.2 Å². The molecule has 0 fully saturated rings. The number of H-pyrrole nitrogens is 1. The molecular formula is C11H13N3O2S. The molecule has 0 amide bonds. The molecule has 3 N–H and O–H groups in total. The molecule has 0 aliphatic heterocycles. The van der Waals surface area contributed by atoms with Crippen molar-refractivity contribution >= 4 is 15.7 Å². The van der Waals surface area contributed by atoms with E-state index in [-0.39, 0.29) is 5.75 Å². The fourth-order valence-corrected chi connectivity index (χ4v) is 2.41. The van der Waals surface area contributed by atoms with Crippen LogP contribution in [0.5, 0.6) is 0 Å². The standard InChI is InChI=1S/C11H13N3O2S/c1-17(15,16)7-8-2-4-9(5-3-8)10-6-13-14-11(10)12/h2-6H,7H2,1H3,(H3,12,13,14). The quantitative estimate of drug-likeness (QED) is 0.858. The summed E-state index contributed by atoms with van der Waals surface area (Å²) in [5.74, 6) is 0.551. The zero-order valence-corrected chi connectivity index (χ0v) is 10.2. The maximum absolute atomic E-state index is 11.1. The van der Waals surface area contributed by atoms with Gasteiger partial charge in [0.15, 0.2) is 9.84 Å². The number of sulfone groups is 1. The van der Waals surface area contributed by atoms with Crippen molar-refractivity contribution in [2.75, 3.05) is 12.0 Å². The zero-order chi connectivity index (χ0) is 12.5. The molecule has 0 atom stereocenters. The molecule has 0 aliphatic carbocycles.